The van der Waals surface area contributed by atoms with Gasteiger partial charge in [-0.3, -0.25) is 9.59 Å². The summed E-state index contributed by atoms with van der Waals surface area (Å²) in [6, 6.07) is 13.1. The average molecular weight is 388 g/mol. The Kier molecular flexibility index (Phi) is 5.15. The molecule has 1 fully saturated rings. The van der Waals surface area contributed by atoms with E-state index < -0.39 is 0 Å². The highest BCUT2D eigenvalue weighted by atomic mass is 16.2. The summed E-state index contributed by atoms with van der Waals surface area (Å²) < 4.78 is 1.57. The first-order chi connectivity index (χ1) is 14.1. The molecule has 0 aliphatic carbocycles. The summed E-state index contributed by atoms with van der Waals surface area (Å²) in [4.78, 5) is 25.8. The monoisotopic (exact) mass is 388 g/mol. The third-order valence-corrected chi connectivity index (χ3v) is 4.77. The van der Waals surface area contributed by atoms with E-state index in [0.717, 1.165) is 35.5 Å². The molecule has 146 valence electrons. The minimum absolute atomic E-state index is 0.161. The van der Waals surface area contributed by atoms with Gasteiger partial charge < -0.3 is 10.2 Å². The third-order valence-electron chi connectivity index (χ3n) is 4.77. The van der Waals surface area contributed by atoms with Crippen molar-refractivity contribution >= 4 is 29.3 Å². The Morgan fingerprint density at radius 3 is 2.66 bits per heavy atom. The largest absolute Gasteiger partial charge is 0.323 e. The SMILES string of the molecule is Cc1cc(NC(=O)/C=C/c2ccc(N3CCCC3=O)cc2)ccc1-n1cnnn1. The molecule has 2 heterocycles. The van der Waals surface area contributed by atoms with Gasteiger partial charge in [-0.05, 0) is 71.3 Å². The van der Waals surface area contributed by atoms with Crippen molar-refractivity contribution in [1.29, 1.82) is 0 Å². The molecule has 2 aromatic carbocycles. The van der Waals surface area contributed by atoms with E-state index in [1.54, 1.807) is 21.7 Å². The zero-order chi connectivity index (χ0) is 20.2. The number of rotatable bonds is 5. The highest BCUT2D eigenvalue weighted by Crippen LogP contribution is 2.22. The molecule has 1 saturated heterocycles. The number of benzene rings is 2. The summed E-state index contributed by atoms with van der Waals surface area (Å²) >= 11 is 0. The van der Waals surface area contributed by atoms with E-state index in [9.17, 15) is 9.59 Å². The second kappa shape index (κ2) is 8.05. The maximum Gasteiger partial charge on any atom is 0.248 e. The number of amides is 2. The minimum Gasteiger partial charge on any atom is -0.323 e. The van der Waals surface area contributed by atoms with Gasteiger partial charge in [0.25, 0.3) is 0 Å². The molecular formula is C21H20N6O2. The lowest BCUT2D eigenvalue weighted by molar-refractivity contribution is -0.117. The van der Waals surface area contributed by atoms with Gasteiger partial charge in [-0.25, -0.2) is 4.68 Å². The van der Waals surface area contributed by atoms with E-state index in [0.29, 0.717) is 12.1 Å². The van der Waals surface area contributed by atoms with E-state index >= 15 is 0 Å². The van der Waals surface area contributed by atoms with Crippen molar-refractivity contribution in [1.82, 2.24) is 20.2 Å². The lowest BCUT2D eigenvalue weighted by Gasteiger charge is -2.15. The van der Waals surface area contributed by atoms with Gasteiger partial charge in [-0.15, -0.1) is 5.10 Å². The number of aryl methyl sites for hydroxylation is 1. The molecule has 0 spiro atoms. The van der Waals surface area contributed by atoms with Crippen LogP contribution in [-0.2, 0) is 9.59 Å². The van der Waals surface area contributed by atoms with Gasteiger partial charge in [0, 0.05) is 30.4 Å². The standard InChI is InChI=1S/C21H20N6O2/c1-15-13-17(7-10-19(15)27-14-22-24-25-27)23-20(28)11-6-16-4-8-18(9-5-16)26-12-2-3-21(26)29/h4-11,13-14H,2-3,12H2,1H3,(H,23,28)/b11-6+. The fourth-order valence-corrected chi connectivity index (χ4v) is 3.30. The van der Waals surface area contributed by atoms with Gasteiger partial charge in [0.05, 0.1) is 5.69 Å². The molecule has 4 rings (SSSR count). The summed E-state index contributed by atoms with van der Waals surface area (Å²) in [6.07, 6.45) is 6.26. The zero-order valence-corrected chi connectivity index (χ0v) is 15.9. The van der Waals surface area contributed by atoms with Crippen molar-refractivity contribution in [3.63, 3.8) is 0 Å². The molecule has 0 unspecified atom stereocenters. The molecule has 0 radical (unpaired) electrons. The predicted molar refractivity (Wildman–Crippen MR) is 110 cm³/mol. The molecule has 29 heavy (non-hydrogen) atoms. The summed E-state index contributed by atoms with van der Waals surface area (Å²) in [6.45, 7) is 2.69. The molecule has 0 bridgehead atoms. The van der Waals surface area contributed by atoms with Crippen LogP contribution in [0.1, 0.15) is 24.0 Å². The van der Waals surface area contributed by atoms with Gasteiger partial charge in [0.1, 0.15) is 6.33 Å². The predicted octanol–water partition coefficient (Wildman–Crippen LogP) is 2.75. The van der Waals surface area contributed by atoms with Crippen molar-refractivity contribution in [2.75, 3.05) is 16.8 Å². The van der Waals surface area contributed by atoms with Gasteiger partial charge in [0.2, 0.25) is 11.8 Å². The summed E-state index contributed by atoms with van der Waals surface area (Å²) in [7, 11) is 0. The first-order valence-electron chi connectivity index (χ1n) is 9.34. The van der Waals surface area contributed by atoms with Gasteiger partial charge in [0.15, 0.2) is 0 Å². The first-order valence-corrected chi connectivity index (χ1v) is 9.34. The highest BCUT2D eigenvalue weighted by molar-refractivity contribution is 6.02. The maximum atomic E-state index is 12.2. The van der Waals surface area contributed by atoms with E-state index in [4.69, 9.17) is 0 Å². The molecule has 1 aliphatic heterocycles. The van der Waals surface area contributed by atoms with Crippen molar-refractivity contribution in [3.05, 3.63) is 66.0 Å². The molecule has 8 nitrogen and oxygen atoms in total. The summed E-state index contributed by atoms with van der Waals surface area (Å²) in [5, 5.41) is 14.0. The fourth-order valence-electron chi connectivity index (χ4n) is 3.30. The Hall–Kier alpha value is -3.81. The smallest absolute Gasteiger partial charge is 0.248 e. The second-order valence-electron chi connectivity index (χ2n) is 6.82. The van der Waals surface area contributed by atoms with E-state index in [2.05, 4.69) is 20.8 Å². The number of aromatic nitrogens is 4. The van der Waals surface area contributed by atoms with Crippen LogP contribution in [0.3, 0.4) is 0 Å². The number of hydrogen-bond donors (Lipinski definition) is 1. The number of nitrogens with one attached hydrogen (secondary N) is 1. The molecule has 1 aliphatic rings. The summed E-state index contributed by atoms with van der Waals surface area (Å²) in [5.74, 6) is -0.0626. The van der Waals surface area contributed by atoms with Crippen LogP contribution in [0.15, 0.2) is 54.9 Å². The average Bonchev–Trinajstić information content (AvgIpc) is 3.39. The maximum absolute atomic E-state index is 12.2. The fraction of sp³-hybridized carbons (Fsp3) is 0.190. The van der Waals surface area contributed by atoms with Crippen LogP contribution in [0.5, 0.6) is 0 Å². The van der Waals surface area contributed by atoms with Crippen LogP contribution in [-0.4, -0.2) is 38.6 Å². The molecule has 0 saturated carbocycles. The van der Waals surface area contributed by atoms with E-state index in [-0.39, 0.29) is 11.8 Å². The molecule has 2 amide bonds. The van der Waals surface area contributed by atoms with Crippen LogP contribution in [0.25, 0.3) is 11.8 Å². The Bertz CT molecular complexity index is 1060. The van der Waals surface area contributed by atoms with Crippen molar-refractivity contribution in [3.8, 4) is 5.69 Å². The quantitative estimate of drug-likeness (QED) is 0.679. The van der Waals surface area contributed by atoms with Crippen LogP contribution < -0.4 is 10.2 Å². The van der Waals surface area contributed by atoms with Gasteiger partial charge in [-0.2, -0.15) is 0 Å². The Labute approximate surface area is 167 Å². The number of carbonyl (C=O) groups is 2. The topological polar surface area (TPSA) is 93.0 Å². The van der Waals surface area contributed by atoms with Crippen LogP contribution in [0.2, 0.25) is 0 Å². The lowest BCUT2D eigenvalue weighted by Crippen LogP contribution is -2.23. The third kappa shape index (κ3) is 4.21. The lowest BCUT2D eigenvalue weighted by atomic mass is 10.1. The van der Waals surface area contributed by atoms with Crippen molar-refractivity contribution in [2.45, 2.75) is 19.8 Å². The van der Waals surface area contributed by atoms with Crippen LogP contribution in [0.4, 0.5) is 11.4 Å². The van der Waals surface area contributed by atoms with E-state index in [1.807, 2.05) is 43.3 Å². The molecule has 1 N–H and O–H groups in total. The van der Waals surface area contributed by atoms with Crippen LogP contribution >= 0.6 is 0 Å². The van der Waals surface area contributed by atoms with E-state index in [1.165, 1.54) is 12.4 Å². The summed E-state index contributed by atoms with van der Waals surface area (Å²) in [5.41, 5.74) is 4.26. The van der Waals surface area contributed by atoms with Crippen molar-refractivity contribution in [2.24, 2.45) is 0 Å². The Morgan fingerprint density at radius 1 is 1.17 bits per heavy atom. The number of hydrogen-bond acceptors (Lipinski definition) is 5. The zero-order valence-electron chi connectivity index (χ0n) is 15.9. The second-order valence-corrected chi connectivity index (χ2v) is 6.82. The van der Waals surface area contributed by atoms with Gasteiger partial charge in [-0.1, -0.05) is 12.1 Å². The highest BCUT2D eigenvalue weighted by Gasteiger charge is 2.21. The molecular weight excluding hydrogens is 368 g/mol. The van der Waals surface area contributed by atoms with Gasteiger partial charge >= 0.3 is 0 Å². The normalized spacial score (nSPS) is 14.0. The molecule has 8 heteroatoms. The Morgan fingerprint density at radius 2 is 2.00 bits per heavy atom. The molecule has 0 atom stereocenters. The number of anilines is 2. The van der Waals surface area contributed by atoms with Crippen LogP contribution in [0, 0.1) is 6.92 Å². The number of tetrazole rings is 1. The Balaban J connectivity index is 1.38. The first kappa shape index (κ1) is 18.5. The molecule has 3 aromatic rings. The van der Waals surface area contributed by atoms with Crippen molar-refractivity contribution < 1.29 is 9.59 Å². The minimum atomic E-state index is -0.224. The number of carbonyl (C=O) groups excluding carboxylic acids is 2. The number of nitrogens with zero attached hydrogens (tertiary/aromatic N) is 5. The molecule has 1 aromatic heterocycles.